The summed E-state index contributed by atoms with van der Waals surface area (Å²) in [5, 5.41) is 12.8. The first-order valence-corrected chi connectivity index (χ1v) is 7.43. The maximum Gasteiger partial charge on any atom is 0.225 e. The van der Waals surface area contributed by atoms with Crippen LogP contribution in [0.25, 0.3) is 0 Å². The lowest BCUT2D eigenvalue weighted by Gasteiger charge is -2.29. The van der Waals surface area contributed by atoms with Crippen molar-refractivity contribution in [3.05, 3.63) is 0 Å². The normalized spacial score (nSPS) is 35.5. The van der Waals surface area contributed by atoms with Crippen LogP contribution in [0.4, 0.5) is 0 Å². The van der Waals surface area contributed by atoms with Crippen LogP contribution in [-0.2, 0) is 9.59 Å². The summed E-state index contributed by atoms with van der Waals surface area (Å²) in [5.41, 5.74) is 0. The van der Waals surface area contributed by atoms with Crippen molar-refractivity contribution in [2.24, 2.45) is 5.92 Å². The molecule has 3 rings (SSSR count). The average molecular weight is 266 g/mol. The number of carbonyl (C=O) groups excluding carboxylic acids is 2. The smallest absolute Gasteiger partial charge is 0.225 e. The molecule has 0 aromatic heterocycles. The molecule has 19 heavy (non-hydrogen) atoms. The SMILES string of the molecule is O=C(N[C@@H]1CCCC[C@H]1O)C1CC(=O)N(C2CC2)C1. The third-order valence-electron chi connectivity index (χ3n) is 4.57. The summed E-state index contributed by atoms with van der Waals surface area (Å²) >= 11 is 0. The number of nitrogens with one attached hydrogen (secondary N) is 1. The van der Waals surface area contributed by atoms with E-state index in [1.54, 1.807) is 0 Å². The van der Waals surface area contributed by atoms with Crippen molar-refractivity contribution < 1.29 is 14.7 Å². The molecule has 1 unspecified atom stereocenters. The Morgan fingerprint density at radius 2 is 1.95 bits per heavy atom. The van der Waals surface area contributed by atoms with E-state index >= 15 is 0 Å². The zero-order chi connectivity index (χ0) is 13.4. The average Bonchev–Trinajstić information content (AvgIpc) is 3.15. The van der Waals surface area contributed by atoms with E-state index < -0.39 is 6.10 Å². The molecule has 5 nitrogen and oxygen atoms in total. The van der Waals surface area contributed by atoms with E-state index in [0.717, 1.165) is 38.5 Å². The molecular weight excluding hydrogens is 244 g/mol. The Hall–Kier alpha value is -1.10. The van der Waals surface area contributed by atoms with Gasteiger partial charge in [-0.15, -0.1) is 0 Å². The standard InChI is InChI=1S/C14H22N2O3/c17-12-4-2-1-3-11(12)15-14(19)9-7-13(18)16(8-9)10-5-6-10/h9-12,17H,1-8H2,(H,15,19)/t9?,11-,12-/m1/s1. The lowest BCUT2D eigenvalue weighted by Crippen LogP contribution is -2.47. The van der Waals surface area contributed by atoms with Crippen molar-refractivity contribution in [1.29, 1.82) is 0 Å². The van der Waals surface area contributed by atoms with Crippen molar-refractivity contribution in [3.8, 4) is 0 Å². The zero-order valence-electron chi connectivity index (χ0n) is 11.2. The topological polar surface area (TPSA) is 69.6 Å². The number of carbonyl (C=O) groups is 2. The third-order valence-corrected chi connectivity index (χ3v) is 4.57. The predicted octanol–water partition coefficient (Wildman–Crippen LogP) is 0.417. The highest BCUT2D eigenvalue weighted by Crippen LogP contribution is 2.32. The molecule has 1 saturated heterocycles. The molecule has 3 fully saturated rings. The number of aliphatic hydroxyl groups is 1. The zero-order valence-corrected chi connectivity index (χ0v) is 11.2. The highest BCUT2D eigenvalue weighted by molar-refractivity contribution is 5.89. The number of hydrogen-bond acceptors (Lipinski definition) is 3. The van der Waals surface area contributed by atoms with Crippen molar-refractivity contribution in [1.82, 2.24) is 10.2 Å². The van der Waals surface area contributed by atoms with Crippen LogP contribution in [0.15, 0.2) is 0 Å². The van der Waals surface area contributed by atoms with Crippen LogP contribution < -0.4 is 5.32 Å². The monoisotopic (exact) mass is 266 g/mol. The van der Waals surface area contributed by atoms with Crippen LogP contribution in [-0.4, -0.2) is 46.6 Å². The van der Waals surface area contributed by atoms with Crippen LogP contribution in [0, 0.1) is 5.92 Å². The van der Waals surface area contributed by atoms with Crippen LogP contribution in [0.1, 0.15) is 44.9 Å². The number of hydrogen-bond donors (Lipinski definition) is 2. The van der Waals surface area contributed by atoms with Gasteiger partial charge in [-0.1, -0.05) is 12.8 Å². The van der Waals surface area contributed by atoms with Gasteiger partial charge in [0.15, 0.2) is 0 Å². The summed E-state index contributed by atoms with van der Waals surface area (Å²) in [7, 11) is 0. The van der Waals surface area contributed by atoms with Crippen LogP contribution in [0.5, 0.6) is 0 Å². The first kappa shape index (κ1) is 12.9. The van der Waals surface area contributed by atoms with Gasteiger partial charge in [-0.3, -0.25) is 9.59 Å². The number of likely N-dealkylation sites (tertiary alicyclic amines) is 1. The molecule has 2 N–H and O–H groups in total. The number of rotatable bonds is 3. The largest absolute Gasteiger partial charge is 0.391 e. The Morgan fingerprint density at radius 3 is 2.63 bits per heavy atom. The Kier molecular flexibility index (Phi) is 3.48. The van der Waals surface area contributed by atoms with Crippen LogP contribution in [0.3, 0.4) is 0 Å². The van der Waals surface area contributed by atoms with Gasteiger partial charge in [0.05, 0.1) is 18.1 Å². The van der Waals surface area contributed by atoms with Gasteiger partial charge in [-0.25, -0.2) is 0 Å². The van der Waals surface area contributed by atoms with E-state index in [-0.39, 0.29) is 23.8 Å². The lowest BCUT2D eigenvalue weighted by atomic mass is 9.92. The van der Waals surface area contributed by atoms with Crippen molar-refractivity contribution in [2.75, 3.05) is 6.54 Å². The van der Waals surface area contributed by atoms with Gasteiger partial charge in [0.2, 0.25) is 11.8 Å². The van der Waals surface area contributed by atoms with Gasteiger partial charge in [-0.2, -0.15) is 0 Å². The molecule has 0 spiro atoms. The molecule has 3 atom stereocenters. The number of aliphatic hydroxyl groups excluding tert-OH is 1. The molecule has 2 amide bonds. The van der Waals surface area contributed by atoms with E-state index in [2.05, 4.69) is 5.32 Å². The van der Waals surface area contributed by atoms with E-state index in [9.17, 15) is 14.7 Å². The van der Waals surface area contributed by atoms with E-state index in [1.807, 2.05) is 4.90 Å². The fourth-order valence-corrected chi connectivity index (χ4v) is 3.23. The second-order valence-corrected chi connectivity index (χ2v) is 6.15. The van der Waals surface area contributed by atoms with Gasteiger partial charge >= 0.3 is 0 Å². The van der Waals surface area contributed by atoms with E-state index in [0.29, 0.717) is 19.0 Å². The van der Waals surface area contributed by atoms with E-state index in [1.165, 1.54) is 0 Å². The second kappa shape index (κ2) is 5.12. The molecule has 0 aromatic rings. The first-order chi connectivity index (χ1) is 9.15. The molecule has 1 heterocycles. The van der Waals surface area contributed by atoms with Crippen LogP contribution in [0.2, 0.25) is 0 Å². The predicted molar refractivity (Wildman–Crippen MR) is 69.2 cm³/mol. The molecule has 2 saturated carbocycles. The quantitative estimate of drug-likeness (QED) is 0.777. The molecule has 1 aliphatic heterocycles. The fraction of sp³-hybridized carbons (Fsp3) is 0.857. The molecule has 3 aliphatic rings. The minimum absolute atomic E-state index is 0.0533. The van der Waals surface area contributed by atoms with Gasteiger partial charge in [-0.05, 0) is 25.7 Å². The molecule has 106 valence electrons. The highest BCUT2D eigenvalue weighted by Gasteiger charge is 2.42. The number of nitrogens with zero attached hydrogens (tertiary/aromatic N) is 1. The Labute approximate surface area is 113 Å². The Balaban J connectivity index is 1.54. The minimum atomic E-state index is -0.422. The summed E-state index contributed by atoms with van der Waals surface area (Å²) in [4.78, 5) is 25.9. The minimum Gasteiger partial charge on any atom is -0.391 e. The Morgan fingerprint density at radius 1 is 1.21 bits per heavy atom. The summed E-state index contributed by atoms with van der Waals surface area (Å²) in [6.07, 6.45) is 5.79. The second-order valence-electron chi connectivity index (χ2n) is 6.15. The van der Waals surface area contributed by atoms with Crippen molar-refractivity contribution in [3.63, 3.8) is 0 Å². The molecule has 2 aliphatic carbocycles. The van der Waals surface area contributed by atoms with Crippen molar-refractivity contribution in [2.45, 2.75) is 63.1 Å². The lowest BCUT2D eigenvalue weighted by molar-refractivity contribution is -0.129. The van der Waals surface area contributed by atoms with Gasteiger partial charge < -0.3 is 15.3 Å². The summed E-state index contributed by atoms with van der Waals surface area (Å²) in [5.74, 6) is -0.156. The van der Waals surface area contributed by atoms with Gasteiger partial charge in [0.1, 0.15) is 0 Å². The summed E-state index contributed by atoms with van der Waals surface area (Å²) < 4.78 is 0. The highest BCUT2D eigenvalue weighted by atomic mass is 16.3. The van der Waals surface area contributed by atoms with Gasteiger partial charge in [0, 0.05) is 19.0 Å². The summed E-state index contributed by atoms with van der Waals surface area (Å²) in [6.45, 7) is 0.568. The van der Waals surface area contributed by atoms with Gasteiger partial charge in [0.25, 0.3) is 0 Å². The fourth-order valence-electron chi connectivity index (χ4n) is 3.23. The summed E-state index contributed by atoms with van der Waals surface area (Å²) in [6, 6.07) is 0.275. The van der Waals surface area contributed by atoms with Crippen LogP contribution >= 0.6 is 0 Å². The first-order valence-electron chi connectivity index (χ1n) is 7.43. The third kappa shape index (κ3) is 2.76. The molecule has 0 radical (unpaired) electrons. The molecule has 5 heteroatoms. The Bertz CT molecular complexity index is 381. The maximum atomic E-state index is 12.2. The number of amides is 2. The van der Waals surface area contributed by atoms with Crippen molar-refractivity contribution >= 4 is 11.8 Å². The van der Waals surface area contributed by atoms with E-state index in [4.69, 9.17) is 0 Å². The molecular formula is C14H22N2O3. The maximum absolute atomic E-state index is 12.2. The molecule has 0 bridgehead atoms. The molecule has 0 aromatic carbocycles.